The summed E-state index contributed by atoms with van der Waals surface area (Å²) in [5, 5.41) is 0. The average Bonchev–Trinajstić information content (AvgIpc) is 2.35. The van der Waals surface area contributed by atoms with Gasteiger partial charge in [-0.3, -0.25) is 9.78 Å². The van der Waals surface area contributed by atoms with Gasteiger partial charge in [0.2, 0.25) is 5.91 Å². The maximum Gasteiger partial charge on any atom is 0.239 e. The van der Waals surface area contributed by atoms with Crippen molar-refractivity contribution in [3.05, 3.63) is 29.6 Å². The summed E-state index contributed by atoms with van der Waals surface area (Å²) < 4.78 is 0. The van der Waals surface area contributed by atoms with E-state index in [1.54, 1.807) is 4.90 Å². The van der Waals surface area contributed by atoms with E-state index >= 15 is 0 Å². The maximum absolute atomic E-state index is 12.1. The molecule has 1 unspecified atom stereocenters. The molecular weight excluding hydrogens is 226 g/mol. The highest BCUT2D eigenvalue weighted by molar-refractivity contribution is 5.81. The molecule has 1 atom stereocenters. The molecule has 0 saturated carbocycles. The highest BCUT2D eigenvalue weighted by Gasteiger charge is 2.19. The third-order valence-corrected chi connectivity index (χ3v) is 2.91. The Morgan fingerprint density at radius 2 is 2.17 bits per heavy atom. The molecule has 1 aromatic rings. The van der Waals surface area contributed by atoms with Crippen LogP contribution < -0.4 is 5.73 Å². The summed E-state index contributed by atoms with van der Waals surface area (Å²) in [4.78, 5) is 18.3. The number of carbonyl (C=O) groups is 1. The van der Waals surface area contributed by atoms with Crippen LogP contribution in [-0.4, -0.2) is 28.4 Å². The summed E-state index contributed by atoms with van der Waals surface area (Å²) in [5.41, 5.74) is 7.75. The first kappa shape index (κ1) is 14.6. The minimum Gasteiger partial charge on any atom is -0.336 e. The highest BCUT2D eigenvalue weighted by Crippen LogP contribution is 2.06. The van der Waals surface area contributed by atoms with Crippen molar-refractivity contribution in [3.63, 3.8) is 0 Å². The minimum absolute atomic E-state index is 0.0163. The van der Waals surface area contributed by atoms with Crippen LogP contribution in [0.2, 0.25) is 0 Å². The number of carbonyl (C=O) groups excluding carboxylic acids is 1. The van der Waals surface area contributed by atoms with Gasteiger partial charge in [0.1, 0.15) is 0 Å². The SMILES string of the molecule is CCCC(N)C(=O)N(CC)Cc1cccc(C)n1. The Morgan fingerprint density at radius 1 is 1.44 bits per heavy atom. The lowest BCUT2D eigenvalue weighted by Gasteiger charge is -2.24. The van der Waals surface area contributed by atoms with E-state index in [2.05, 4.69) is 4.98 Å². The van der Waals surface area contributed by atoms with E-state index in [4.69, 9.17) is 5.73 Å². The summed E-state index contributed by atoms with van der Waals surface area (Å²) in [6.07, 6.45) is 1.66. The zero-order valence-corrected chi connectivity index (χ0v) is 11.5. The molecular formula is C14H23N3O. The quantitative estimate of drug-likeness (QED) is 0.837. The molecule has 0 spiro atoms. The van der Waals surface area contributed by atoms with Gasteiger partial charge in [-0.25, -0.2) is 0 Å². The van der Waals surface area contributed by atoms with E-state index in [1.807, 2.05) is 39.0 Å². The molecule has 4 nitrogen and oxygen atoms in total. The van der Waals surface area contributed by atoms with Gasteiger partial charge in [-0.1, -0.05) is 19.4 Å². The van der Waals surface area contributed by atoms with Crippen LogP contribution in [-0.2, 0) is 11.3 Å². The van der Waals surface area contributed by atoms with Gasteiger partial charge >= 0.3 is 0 Å². The van der Waals surface area contributed by atoms with Gasteiger partial charge in [-0.2, -0.15) is 0 Å². The molecule has 100 valence electrons. The smallest absolute Gasteiger partial charge is 0.239 e. The Bertz CT molecular complexity index is 392. The number of aromatic nitrogens is 1. The molecule has 0 bridgehead atoms. The molecule has 0 aliphatic heterocycles. The zero-order valence-electron chi connectivity index (χ0n) is 11.5. The predicted molar refractivity (Wildman–Crippen MR) is 72.9 cm³/mol. The standard InChI is InChI=1S/C14H23N3O/c1-4-7-13(15)14(18)17(5-2)10-12-9-6-8-11(3)16-12/h6,8-9,13H,4-5,7,10,15H2,1-3H3. The number of pyridine rings is 1. The second-order valence-corrected chi connectivity index (χ2v) is 4.52. The predicted octanol–water partition coefficient (Wildman–Crippen LogP) is 1.87. The lowest BCUT2D eigenvalue weighted by molar-refractivity contribution is -0.133. The van der Waals surface area contributed by atoms with Crippen molar-refractivity contribution in [1.82, 2.24) is 9.88 Å². The second kappa shape index (κ2) is 7.11. The number of amides is 1. The molecule has 0 fully saturated rings. The van der Waals surface area contributed by atoms with Crippen LogP contribution in [0, 0.1) is 6.92 Å². The monoisotopic (exact) mass is 249 g/mol. The maximum atomic E-state index is 12.1. The fraction of sp³-hybridized carbons (Fsp3) is 0.571. The summed E-state index contributed by atoms with van der Waals surface area (Å²) in [6.45, 7) is 7.14. The zero-order chi connectivity index (χ0) is 13.5. The Hall–Kier alpha value is -1.42. The van der Waals surface area contributed by atoms with Crippen LogP contribution in [0.3, 0.4) is 0 Å². The van der Waals surface area contributed by atoms with Gasteiger partial charge in [0.05, 0.1) is 18.3 Å². The van der Waals surface area contributed by atoms with E-state index in [9.17, 15) is 4.79 Å². The van der Waals surface area contributed by atoms with E-state index in [0.717, 1.165) is 24.2 Å². The molecule has 0 saturated heterocycles. The van der Waals surface area contributed by atoms with E-state index in [1.165, 1.54) is 0 Å². The molecule has 1 aromatic heterocycles. The molecule has 1 rings (SSSR count). The minimum atomic E-state index is -0.389. The van der Waals surface area contributed by atoms with Crippen molar-refractivity contribution in [2.45, 2.75) is 46.2 Å². The van der Waals surface area contributed by atoms with Crippen molar-refractivity contribution >= 4 is 5.91 Å². The summed E-state index contributed by atoms with van der Waals surface area (Å²) in [6, 6.07) is 5.46. The normalized spacial score (nSPS) is 12.2. The highest BCUT2D eigenvalue weighted by atomic mass is 16.2. The van der Waals surface area contributed by atoms with Gasteiger partial charge in [0.15, 0.2) is 0 Å². The Morgan fingerprint density at radius 3 is 2.72 bits per heavy atom. The molecule has 4 heteroatoms. The summed E-state index contributed by atoms with van der Waals surface area (Å²) >= 11 is 0. The van der Waals surface area contributed by atoms with Crippen LogP contribution in [0.4, 0.5) is 0 Å². The van der Waals surface area contributed by atoms with Gasteiger partial charge in [0, 0.05) is 12.2 Å². The van der Waals surface area contributed by atoms with Gasteiger partial charge < -0.3 is 10.6 Å². The lowest BCUT2D eigenvalue weighted by atomic mass is 10.1. The van der Waals surface area contributed by atoms with Gasteiger partial charge in [-0.15, -0.1) is 0 Å². The van der Waals surface area contributed by atoms with Crippen LogP contribution in [0.25, 0.3) is 0 Å². The molecule has 2 N–H and O–H groups in total. The van der Waals surface area contributed by atoms with Crippen molar-refractivity contribution in [1.29, 1.82) is 0 Å². The third kappa shape index (κ3) is 4.11. The van der Waals surface area contributed by atoms with Gasteiger partial charge in [0.25, 0.3) is 0 Å². The number of nitrogens with zero attached hydrogens (tertiary/aromatic N) is 2. The van der Waals surface area contributed by atoms with Crippen molar-refractivity contribution < 1.29 is 4.79 Å². The van der Waals surface area contributed by atoms with Crippen LogP contribution in [0.15, 0.2) is 18.2 Å². The van der Waals surface area contributed by atoms with E-state index in [-0.39, 0.29) is 11.9 Å². The van der Waals surface area contributed by atoms with Crippen molar-refractivity contribution in [2.75, 3.05) is 6.54 Å². The van der Waals surface area contributed by atoms with Crippen molar-refractivity contribution in [2.24, 2.45) is 5.73 Å². The third-order valence-electron chi connectivity index (χ3n) is 2.91. The number of hydrogen-bond acceptors (Lipinski definition) is 3. The summed E-state index contributed by atoms with van der Waals surface area (Å²) in [5.74, 6) is 0.0163. The molecule has 0 aromatic carbocycles. The van der Waals surface area contributed by atoms with E-state index < -0.39 is 0 Å². The van der Waals surface area contributed by atoms with Gasteiger partial charge in [-0.05, 0) is 32.4 Å². The van der Waals surface area contributed by atoms with E-state index in [0.29, 0.717) is 13.1 Å². The molecule has 0 radical (unpaired) electrons. The second-order valence-electron chi connectivity index (χ2n) is 4.52. The molecule has 1 heterocycles. The average molecular weight is 249 g/mol. The number of hydrogen-bond donors (Lipinski definition) is 1. The van der Waals surface area contributed by atoms with Crippen LogP contribution in [0.5, 0.6) is 0 Å². The molecule has 0 aliphatic rings. The molecule has 0 aliphatic carbocycles. The summed E-state index contributed by atoms with van der Waals surface area (Å²) in [7, 11) is 0. The fourth-order valence-electron chi connectivity index (χ4n) is 1.90. The Labute approximate surface area is 109 Å². The Kier molecular flexibility index (Phi) is 5.78. The number of aryl methyl sites for hydroxylation is 1. The number of nitrogens with two attached hydrogens (primary N) is 1. The van der Waals surface area contributed by atoms with Crippen molar-refractivity contribution in [3.8, 4) is 0 Å². The fourth-order valence-corrected chi connectivity index (χ4v) is 1.90. The van der Waals surface area contributed by atoms with Crippen LogP contribution >= 0.6 is 0 Å². The number of rotatable bonds is 6. The number of likely N-dealkylation sites (N-methyl/N-ethyl adjacent to an activating group) is 1. The molecule has 18 heavy (non-hydrogen) atoms. The first-order valence-corrected chi connectivity index (χ1v) is 6.55. The Balaban J connectivity index is 2.69. The van der Waals surface area contributed by atoms with Crippen LogP contribution in [0.1, 0.15) is 38.1 Å². The topological polar surface area (TPSA) is 59.2 Å². The lowest BCUT2D eigenvalue weighted by Crippen LogP contribution is -2.43. The molecule has 1 amide bonds. The first-order valence-electron chi connectivity index (χ1n) is 6.55. The first-order chi connectivity index (χ1) is 8.58. The largest absolute Gasteiger partial charge is 0.336 e.